The number of nitrogens with one attached hydrogen (secondary N) is 2. The predicted octanol–water partition coefficient (Wildman–Crippen LogP) is 2.28. The van der Waals surface area contributed by atoms with Gasteiger partial charge in [-0.3, -0.25) is 4.68 Å². The molecule has 0 aliphatic heterocycles. The summed E-state index contributed by atoms with van der Waals surface area (Å²) in [6.45, 7) is 8.52. The molecule has 150 valence electrons. The van der Waals surface area contributed by atoms with Crippen LogP contribution in [0.3, 0.4) is 0 Å². The van der Waals surface area contributed by atoms with E-state index in [1.807, 2.05) is 43.1 Å². The number of sulfone groups is 1. The fourth-order valence-electron chi connectivity index (χ4n) is 2.62. The minimum Gasteiger partial charge on any atom is -0.357 e. The molecule has 0 radical (unpaired) electrons. The number of rotatable bonds is 7. The van der Waals surface area contributed by atoms with Crippen molar-refractivity contribution in [2.45, 2.75) is 38.8 Å². The molecule has 0 bridgehead atoms. The molecular weight excluding hydrogens is 477 g/mol. The van der Waals surface area contributed by atoms with E-state index in [2.05, 4.69) is 20.7 Å². The van der Waals surface area contributed by atoms with Gasteiger partial charge in [0, 0.05) is 25.5 Å². The fraction of sp³-hybridized carbons (Fsp3) is 0.444. The molecule has 1 aromatic carbocycles. The summed E-state index contributed by atoms with van der Waals surface area (Å²) in [6, 6.07) is 5.33. The number of guanidine groups is 1. The largest absolute Gasteiger partial charge is 0.357 e. The number of halogens is 1. The summed E-state index contributed by atoms with van der Waals surface area (Å²) in [5.41, 5.74) is 2.85. The summed E-state index contributed by atoms with van der Waals surface area (Å²) in [5, 5.41) is 10.7. The summed E-state index contributed by atoms with van der Waals surface area (Å²) < 4.78 is 25.3. The zero-order valence-electron chi connectivity index (χ0n) is 16.2. The molecule has 1 aromatic heterocycles. The van der Waals surface area contributed by atoms with Gasteiger partial charge >= 0.3 is 0 Å². The SMILES string of the molecule is CCNC(=NCc1ccc(S(C)(=O)=O)c(C)c1)NCCn1cc(C)cn1.I. The second-order valence-electron chi connectivity index (χ2n) is 6.27. The molecule has 7 nitrogen and oxygen atoms in total. The van der Waals surface area contributed by atoms with Crippen LogP contribution in [0, 0.1) is 13.8 Å². The number of nitrogens with zero attached hydrogens (tertiary/aromatic N) is 3. The van der Waals surface area contributed by atoms with Crippen LogP contribution in [0.4, 0.5) is 0 Å². The number of hydrogen-bond acceptors (Lipinski definition) is 4. The molecule has 0 saturated heterocycles. The Morgan fingerprint density at radius 1 is 1.26 bits per heavy atom. The van der Waals surface area contributed by atoms with E-state index in [9.17, 15) is 8.42 Å². The van der Waals surface area contributed by atoms with Crippen LogP contribution in [-0.4, -0.2) is 43.5 Å². The lowest BCUT2D eigenvalue weighted by Gasteiger charge is -2.12. The minimum atomic E-state index is -3.20. The fourth-order valence-corrected chi connectivity index (χ4v) is 3.58. The molecule has 0 atom stereocenters. The van der Waals surface area contributed by atoms with Crippen LogP contribution in [0.2, 0.25) is 0 Å². The maximum Gasteiger partial charge on any atom is 0.191 e. The third kappa shape index (κ3) is 7.49. The van der Waals surface area contributed by atoms with Crippen LogP contribution < -0.4 is 10.6 Å². The molecule has 2 aromatic rings. The van der Waals surface area contributed by atoms with E-state index in [1.54, 1.807) is 13.0 Å². The van der Waals surface area contributed by atoms with E-state index in [0.717, 1.165) is 35.7 Å². The Balaban J connectivity index is 0.00000364. The van der Waals surface area contributed by atoms with Crippen LogP contribution in [0.5, 0.6) is 0 Å². The van der Waals surface area contributed by atoms with E-state index in [1.165, 1.54) is 6.26 Å². The van der Waals surface area contributed by atoms with Gasteiger partial charge in [0.1, 0.15) is 0 Å². The highest BCUT2D eigenvalue weighted by Crippen LogP contribution is 2.17. The number of aromatic nitrogens is 2. The Morgan fingerprint density at radius 3 is 2.56 bits per heavy atom. The Bertz CT molecular complexity index is 878. The van der Waals surface area contributed by atoms with Gasteiger partial charge in [-0.1, -0.05) is 12.1 Å². The van der Waals surface area contributed by atoms with Gasteiger partial charge in [0.25, 0.3) is 0 Å². The van der Waals surface area contributed by atoms with Gasteiger partial charge in [0.15, 0.2) is 15.8 Å². The standard InChI is InChI=1S/C18H27N5O2S.HI/c1-5-19-18(20-8-9-23-13-14(2)11-22-23)21-12-16-6-7-17(15(3)10-16)26(4,24)25;/h6-7,10-11,13H,5,8-9,12H2,1-4H3,(H2,19,20,21);1H. The Morgan fingerprint density at radius 2 is 2.00 bits per heavy atom. The molecular formula is C18H28IN5O2S. The molecule has 27 heavy (non-hydrogen) atoms. The second-order valence-corrected chi connectivity index (χ2v) is 8.26. The molecule has 2 rings (SSSR count). The van der Waals surface area contributed by atoms with Crippen molar-refractivity contribution in [2.24, 2.45) is 4.99 Å². The maximum absolute atomic E-state index is 11.7. The van der Waals surface area contributed by atoms with E-state index < -0.39 is 9.84 Å². The van der Waals surface area contributed by atoms with Crippen molar-refractivity contribution in [1.82, 2.24) is 20.4 Å². The van der Waals surface area contributed by atoms with E-state index in [-0.39, 0.29) is 24.0 Å². The van der Waals surface area contributed by atoms with E-state index >= 15 is 0 Å². The van der Waals surface area contributed by atoms with Gasteiger partial charge in [-0.15, -0.1) is 24.0 Å². The third-order valence-corrected chi connectivity index (χ3v) is 5.06. The molecule has 0 saturated carbocycles. The molecule has 0 amide bonds. The normalized spacial score (nSPS) is 11.8. The molecule has 2 N–H and O–H groups in total. The van der Waals surface area contributed by atoms with Crippen molar-refractivity contribution >= 4 is 39.8 Å². The van der Waals surface area contributed by atoms with Crippen molar-refractivity contribution in [3.63, 3.8) is 0 Å². The number of hydrogen-bond donors (Lipinski definition) is 2. The first kappa shape index (κ1) is 23.4. The van der Waals surface area contributed by atoms with Crippen LogP contribution in [0.15, 0.2) is 40.5 Å². The number of aliphatic imine (C=N–C) groups is 1. The van der Waals surface area contributed by atoms with Crippen LogP contribution in [0.1, 0.15) is 23.6 Å². The van der Waals surface area contributed by atoms with Crippen LogP contribution >= 0.6 is 24.0 Å². The quantitative estimate of drug-likeness (QED) is 0.343. The van der Waals surface area contributed by atoms with Crippen molar-refractivity contribution in [3.8, 4) is 0 Å². The highest BCUT2D eigenvalue weighted by atomic mass is 127. The average molecular weight is 505 g/mol. The highest BCUT2D eigenvalue weighted by molar-refractivity contribution is 14.0. The van der Waals surface area contributed by atoms with Gasteiger partial charge in [0.05, 0.1) is 24.2 Å². The van der Waals surface area contributed by atoms with Crippen molar-refractivity contribution in [2.75, 3.05) is 19.3 Å². The Labute approximate surface area is 178 Å². The summed E-state index contributed by atoms with van der Waals surface area (Å²) in [7, 11) is -3.20. The molecule has 0 aliphatic carbocycles. The molecule has 9 heteroatoms. The first-order chi connectivity index (χ1) is 12.3. The van der Waals surface area contributed by atoms with Gasteiger partial charge in [-0.2, -0.15) is 5.10 Å². The Hall–Kier alpha value is -1.62. The highest BCUT2D eigenvalue weighted by Gasteiger charge is 2.10. The summed E-state index contributed by atoms with van der Waals surface area (Å²) in [5.74, 6) is 0.723. The van der Waals surface area contributed by atoms with Crippen LogP contribution in [-0.2, 0) is 22.9 Å². The molecule has 1 heterocycles. The zero-order valence-corrected chi connectivity index (χ0v) is 19.3. The van der Waals surface area contributed by atoms with Gasteiger partial charge < -0.3 is 10.6 Å². The van der Waals surface area contributed by atoms with E-state index in [0.29, 0.717) is 18.0 Å². The lowest BCUT2D eigenvalue weighted by Crippen LogP contribution is -2.38. The molecule has 0 fully saturated rings. The summed E-state index contributed by atoms with van der Waals surface area (Å²) >= 11 is 0. The smallest absolute Gasteiger partial charge is 0.191 e. The minimum absolute atomic E-state index is 0. The van der Waals surface area contributed by atoms with Crippen molar-refractivity contribution in [3.05, 3.63) is 47.3 Å². The Kier molecular flexibility index (Phi) is 9.23. The maximum atomic E-state index is 11.7. The first-order valence-corrected chi connectivity index (χ1v) is 10.5. The van der Waals surface area contributed by atoms with Crippen molar-refractivity contribution in [1.29, 1.82) is 0 Å². The monoisotopic (exact) mass is 505 g/mol. The molecule has 0 aliphatic rings. The number of benzene rings is 1. The second kappa shape index (κ2) is 10.6. The summed E-state index contributed by atoms with van der Waals surface area (Å²) in [4.78, 5) is 4.93. The first-order valence-electron chi connectivity index (χ1n) is 8.60. The predicted molar refractivity (Wildman–Crippen MR) is 119 cm³/mol. The van der Waals surface area contributed by atoms with Gasteiger partial charge in [-0.05, 0) is 43.5 Å². The lowest BCUT2D eigenvalue weighted by atomic mass is 10.1. The van der Waals surface area contributed by atoms with Crippen LogP contribution in [0.25, 0.3) is 0 Å². The van der Waals surface area contributed by atoms with Gasteiger partial charge in [0.2, 0.25) is 0 Å². The number of aryl methyl sites for hydroxylation is 2. The van der Waals surface area contributed by atoms with E-state index in [4.69, 9.17) is 0 Å². The summed E-state index contributed by atoms with van der Waals surface area (Å²) in [6.07, 6.45) is 5.06. The average Bonchev–Trinajstić information content (AvgIpc) is 2.97. The van der Waals surface area contributed by atoms with Gasteiger partial charge in [-0.25, -0.2) is 13.4 Å². The van der Waals surface area contributed by atoms with Crippen molar-refractivity contribution < 1.29 is 8.42 Å². The lowest BCUT2D eigenvalue weighted by molar-refractivity contribution is 0.597. The zero-order chi connectivity index (χ0) is 19.2. The molecule has 0 unspecified atom stereocenters. The third-order valence-electron chi connectivity index (χ3n) is 3.80. The molecule has 0 spiro atoms. The topological polar surface area (TPSA) is 88.4 Å².